The Bertz CT molecular complexity index is 397. The first kappa shape index (κ1) is 11.1. The predicted octanol–water partition coefficient (Wildman–Crippen LogP) is 0.420. The Morgan fingerprint density at radius 1 is 1.50 bits per heavy atom. The molecule has 0 bridgehead atoms. The van der Waals surface area contributed by atoms with E-state index in [0.717, 1.165) is 31.9 Å². The molecule has 2 heterocycles. The number of carbonyl (C=O) groups is 1. The van der Waals surface area contributed by atoms with Crippen LogP contribution in [0.3, 0.4) is 0 Å². The molecule has 2 rings (SSSR count). The third kappa shape index (κ3) is 2.09. The number of aromatic nitrogens is 2. The van der Waals surface area contributed by atoms with Gasteiger partial charge in [0.2, 0.25) is 0 Å². The molecule has 0 spiro atoms. The summed E-state index contributed by atoms with van der Waals surface area (Å²) in [5, 5.41) is 0. The fraction of sp³-hybridized carbons (Fsp3) is 0.636. The number of amides is 1. The Hall–Kier alpha value is -1.36. The molecule has 5 nitrogen and oxygen atoms in total. The van der Waals surface area contributed by atoms with Crippen molar-refractivity contribution in [1.82, 2.24) is 19.4 Å². The number of rotatable bonds is 1. The second kappa shape index (κ2) is 4.25. The molecule has 0 unspecified atom stereocenters. The normalized spacial score (nSPS) is 16.7. The van der Waals surface area contributed by atoms with E-state index in [1.54, 1.807) is 19.0 Å². The highest BCUT2D eigenvalue weighted by atomic mass is 16.2. The quantitative estimate of drug-likeness (QED) is 0.691. The largest absolute Gasteiger partial charge is 0.343 e. The van der Waals surface area contributed by atoms with Crippen molar-refractivity contribution < 1.29 is 4.79 Å². The molecular weight excluding hydrogens is 204 g/mol. The van der Waals surface area contributed by atoms with Crippen LogP contribution in [0.1, 0.15) is 22.7 Å². The summed E-state index contributed by atoms with van der Waals surface area (Å²) in [5.41, 5.74) is 0.551. The van der Waals surface area contributed by atoms with E-state index in [1.165, 1.54) is 0 Å². The van der Waals surface area contributed by atoms with Gasteiger partial charge in [0.1, 0.15) is 11.5 Å². The van der Waals surface area contributed by atoms with Gasteiger partial charge in [0, 0.05) is 26.7 Å². The average Bonchev–Trinajstić information content (AvgIpc) is 2.52. The molecule has 0 saturated heterocycles. The van der Waals surface area contributed by atoms with E-state index in [4.69, 9.17) is 0 Å². The minimum Gasteiger partial charge on any atom is -0.343 e. The lowest BCUT2D eigenvalue weighted by molar-refractivity contribution is 0.0822. The lowest BCUT2D eigenvalue weighted by atomic mass is 10.3. The van der Waals surface area contributed by atoms with Gasteiger partial charge in [0.15, 0.2) is 0 Å². The van der Waals surface area contributed by atoms with Crippen molar-refractivity contribution in [3.8, 4) is 0 Å². The molecule has 0 saturated carbocycles. The molecule has 1 aromatic rings. The Morgan fingerprint density at radius 2 is 2.25 bits per heavy atom. The van der Waals surface area contributed by atoms with Crippen LogP contribution in [-0.2, 0) is 13.1 Å². The van der Waals surface area contributed by atoms with Crippen LogP contribution in [0.5, 0.6) is 0 Å². The first-order valence-electron chi connectivity index (χ1n) is 5.54. The van der Waals surface area contributed by atoms with Crippen molar-refractivity contribution >= 4 is 5.91 Å². The molecule has 0 aliphatic carbocycles. The molecule has 0 atom stereocenters. The summed E-state index contributed by atoms with van der Waals surface area (Å²) >= 11 is 0. The van der Waals surface area contributed by atoms with Crippen LogP contribution >= 0.6 is 0 Å². The van der Waals surface area contributed by atoms with Gasteiger partial charge in [-0.2, -0.15) is 0 Å². The van der Waals surface area contributed by atoms with Gasteiger partial charge in [-0.15, -0.1) is 0 Å². The standard InChI is InChI=1S/C11H18N4O/c1-13(2)11(16)9-7-15-8-14(3)6-4-5-10(15)12-9/h7H,4-6,8H2,1-3H3. The van der Waals surface area contributed by atoms with Crippen LogP contribution in [0.25, 0.3) is 0 Å². The van der Waals surface area contributed by atoms with E-state index >= 15 is 0 Å². The van der Waals surface area contributed by atoms with Crippen LogP contribution in [0.2, 0.25) is 0 Å². The number of hydrogen-bond acceptors (Lipinski definition) is 3. The highest BCUT2D eigenvalue weighted by molar-refractivity contribution is 5.91. The molecule has 0 aromatic carbocycles. The molecule has 1 aromatic heterocycles. The molecule has 88 valence electrons. The fourth-order valence-electron chi connectivity index (χ4n) is 1.95. The predicted molar refractivity (Wildman–Crippen MR) is 61.2 cm³/mol. The zero-order valence-corrected chi connectivity index (χ0v) is 10.1. The minimum atomic E-state index is -0.0248. The summed E-state index contributed by atoms with van der Waals surface area (Å²) in [7, 11) is 5.58. The van der Waals surface area contributed by atoms with Crippen LogP contribution in [-0.4, -0.2) is 52.9 Å². The number of imidazole rings is 1. The number of carbonyl (C=O) groups excluding carboxylic acids is 1. The topological polar surface area (TPSA) is 41.4 Å². The Kier molecular flexibility index (Phi) is 2.96. The summed E-state index contributed by atoms with van der Waals surface area (Å²) in [5.74, 6) is 0.998. The number of fused-ring (bicyclic) bond motifs is 1. The van der Waals surface area contributed by atoms with E-state index < -0.39 is 0 Å². The third-order valence-electron chi connectivity index (χ3n) is 2.82. The number of hydrogen-bond donors (Lipinski definition) is 0. The molecule has 1 aliphatic rings. The van der Waals surface area contributed by atoms with Gasteiger partial charge in [-0.1, -0.05) is 0 Å². The maximum atomic E-state index is 11.8. The van der Waals surface area contributed by atoms with Gasteiger partial charge in [-0.3, -0.25) is 9.69 Å². The summed E-state index contributed by atoms with van der Waals surface area (Å²) in [6.07, 6.45) is 3.91. The summed E-state index contributed by atoms with van der Waals surface area (Å²) in [6, 6.07) is 0. The summed E-state index contributed by atoms with van der Waals surface area (Å²) < 4.78 is 2.07. The fourth-order valence-corrected chi connectivity index (χ4v) is 1.95. The summed E-state index contributed by atoms with van der Waals surface area (Å²) in [6.45, 7) is 1.91. The van der Waals surface area contributed by atoms with Crippen LogP contribution in [0.4, 0.5) is 0 Å². The molecule has 0 radical (unpaired) electrons. The second-order valence-corrected chi connectivity index (χ2v) is 4.54. The van der Waals surface area contributed by atoms with Gasteiger partial charge in [-0.05, 0) is 20.0 Å². The zero-order chi connectivity index (χ0) is 11.7. The van der Waals surface area contributed by atoms with Crippen LogP contribution in [0, 0.1) is 0 Å². The second-order valence-electron chi connectivity index (χ2n) is 4.54. The van der Waals surface area contributed by atoms with E-state index in [1.807, 2.05) is 6.20 Å². The molecule has 16 heavy (non-hydrogen) atoms. The monoisotopic (exact) mass is 222 g/mol. The van der Waals surface area contributed by atoms with Crippen LogP contribution in [0.15, 0.2) is 6.20 Å². The lowest BCUT2D eigenvalue weighted by Gasteiger charge is -2.13. The van der Waals surface area contributed by atoms with Gasteiger partial charge < -0.3 is 9.47 Å². The van der Waals surface area contributed by atoms with Crippen LogP contribution < -0.4 is 0 Å². The van der Waals surface area contributed by atoms with E-state index in [9.17, 15) is 4.79 Å². The Balaban J connectivity index is 2.26. The zero-order valence-electron chi connectivity index (χ0n) is 10.1. The van der Waals surface area contributed by atoms with Crippen molar-refractivity contribution in [3.63, 3.8) is 0 Å². The molecule has 1 amide bonds. The molecule has 5 heteroatoms. The molecular formula is C11H18N4O. The summed E-state index contributed by atoms with van der Waals surface area (Å²) in [4.78, 5) is 20.0. The van der Waals surface area contributed by atoms with Gasteiger partial charge in [-0.25, -0.2) is 4.98 Å². The van der Waals surface area contributed by atoms with Gasteiger partial charge >= 0.3 is 0 Å². The maximum Gasteiger partial charge on any atom is 0.273 e. The minimum absolute atomic E-state index is 0.0248. The van der Waals surface area contributed by atoms with Crippen molar-refractivity contribution in [3.05, 3.63) is 17.7 Å². The highest BCUT2D eigenvalue weighted by Crippen LogP contribution is 2.12. The highest BCUT2D eigenvalue weighted by Gasteiger charge is 2.18. The van der Waals surface area contributed by atoms with Gasteiger partial charge in [0.05, 0.1) is 6.67 Å². The van der Waals surface area contributed by atoms with Crippen molar-refractivity contribution in [2.45, 2.75) is 19.5 Å². The number of aryl methyl sites for hydroxylation is 1. The Morgan fingerprint density at radius 3 is 2.94 bits per heavy atom. The third-order valence-corrected chi connectivity index (χ3v) is 2.82. The van der Waals surface area contributed by atoms with Gasteiger partial charge in [0.25, 0.3) is 5.91 Å². The van der Waals surface area contributed by atoms with Crippen molar-refractivity contribution in [2.24, 2.45) is 0 Å². The SMILES string of the molecule is CN1CCCc2nc(C(=O)N(C)C)cn2C1. The van der Waals surface area contributed by atoms with Crippen molar-refractivity contribution in [1.29, 1.82) is 0 Å². The molecule has 1 aliphatic heterocycles. The van der Waals surface area contributed by atoms with E-state index in [0.29, 0.717) is 5.69 Å². The molecule has 0 fully saturated rings. The van der Waals surface area contributed by atoms with E-state index in [-0.39, 0.29) is 5.91 Å². The first-order chi connectivity index (χ1) is 7.58. The molecule has 0 N–H and O–H groups in total. The number of nitrogens with zero attached hydrogens (tertiary/aromatic N) is 4. The van der Waals surface area contributed by atoms with E-state index in [2.05, 4.69) is 21.5 Å². The smallest absolute Gasteiger partial charge is 0.273 e. The maximum absolute atomic E-state index is 11.8. The first-order valence-corrected chi connectivity index (χ1v) is 5.54. The van der Waals surface area contributed by atoms with Crippen molar-refractivity contribution in [2.75, 3.05) is 27.7 Å². The Labute approximate surface area is 95.7 Å². The lowest BCUT2D eigenvalue weighted by Crippen LogP contribution is -2.23. The average molecular weight is 222 g/mol.